The molecular formula is C22H24BrClFN3O5. The van der Waals surface area contributed by atoms with E-state index in [1.807, 2.05) is 0 Å². The molecule has 2 aromatic rings. The number of carbonyl (C=O) groups excluding carboxylic acids is 2. The average Bonchev–Trinajstić information content (AvgIpc) is 2.77. The molecule has 2 aromatic carbocycles. The first kappa shape index (κ1) is 26.6. The van der Waals surface area contributed by atoms with Crippen molar-refractivity contribution in [3.8, 4) is 11.5 Å². The summed E-state index contributed by atoms with van der Waals surface area (Å²) in [6, 6.07) is 7.70. The minimum Gasteiger partial charge on any atom is -0.490 e. The fourth-order valence-electron chi connectivity index (χ4n) is 2.59. The van der Waals surface area contributed by atoms with E-state index in [0.29, 0.717) is 47.7 Å². The summed E-state index contributed by atoms with van der Waals surface area (Å²) >= 11 is 9.47. The molecule has 0 radical (unpaired) electrons. The van der Waals surface area contributed by atoms with Crippen LogP contribution in [0.4, 0.5) is 4.39 Å². The van der Waals surface area contributed by atoms with Crippen molar-refractivity contribution in [2.75, 3.05) is 26.9 Å². The molecule has 0 aliphatic carbocycles. The van der Waals surface area contributed by atoms with Gasteiger partial charge in [-0.15, -0.1) is 0 Å². The highest BCUT2D eigenvalue weighted by atomic mass is 79.9. The number of carbonyl (C=O) groups is 2. The number of methoxy groups -OCH3 is 1. The quantitative estimate of drug-likeness (QED) is 0.194. The van der Waals surface area contributed by atoms with E-state index in [1.165, 1.54) is 18.3 Å². The van der Waals surface area contributed by atoms with Crippen molar-refractivity contribution in [1.29, 1.82) is 0 Å². The Hall–Kier alpha value is -2.69. The van der Waals surface area contributed by atoms with Gasteiger partial charge in [0.15, 0.2) is 11.5 Å². The number of hydrogen-bond donors (Lipinski definition) is 2. The fraction of sp³-hybridized carbons (Fsp3) is 0.318. The summed E-state index contributed by atoms with van der Waals surface area (Å²) in [5.74, 6) is -1.43. The predicted molar refractivity (Wildman–Crippen MR) is 126 cm³/mol. The standard InChI is InChI=1S/C22H24BrClFN3O5/c1-3-32-19-11-14(12-27-28-22(30)21(29)26-8-5-9-31-2)10-16(23)20(19)33-13-15-17(24)6-4-7-18(15)25/h4,6-7,10-12H,3,5,8-9,13H2,1-2H3,(H,26,29)(H,28,30)/b27-12-. The molecule has 0 saturated heterocycles. The lowest BCUT2D eigenvalue weighted by Crippen LogP contribution is -2.38. The maximum absolute atomic E-state index is 14.0. The Bertz CT molecular complexity index is 986. The van der Waals surface area contributed by atoms with Gasteiger partial charge in [0.1, 0.15) is 12.4 Å². The first-order valence-electron chi connectivity index (χ1n) is 9.99. The third kappa shape index (κ3) is 8.30. The van der Waals surface area contributed by atoms with E-state index in [2.05, 4.69) is 31.8 Å². The number of ether oxygens (including phenoxy) is 3. The molecule has 178 valence electrons. The highest BCUT2D eigenvalue weighted by Crippen LogP contribution is 2.37. The summed E-state index contributed by atoms with van der Waals surface area (Å²) in [5, 5.41) is 6.52. The SMILES string of the molecule is CCOc1cc(/C=N\NC(=O)C(=O)NCCCOC)cc(Br)c1OCc1c(F)cccc1Cl. The van der Waals surface area contributed by atoms with E-state index in [0.717, 1.165) is 0 Å². The van der Waals surface area contributed by atoms with Crippen molar-refractivity contribution < 1.29 is 28.2 Å². The van der Waals surface area contributed by atoms with Crippen LogP contribution in [0.1, 0.15) is 24.5 Å². The topological polar surface area (TPSA) is 98.2 Å². The van der Waals surface area contributed by atoms with Gasteiger partial charge in [-0.3, -0.25) is 9.59 Å². The van der Waals surface area contributed by atoms with Gasteiger partial charge in [-0.2, -0.15) is 5.10 Å². The number of benzene rings is 2. The Morgan fingerprint density at radius 2 is 2.03 bits per heavy atom. The van der Waals surface area contributed by atoms with Gasteiger partial charge in [0.25, 0.3) is 0 Å². The van der Waals surface area contributed by atoms with Crippen LogP contribution in [0, 0.1) is 5.82 Å². The zero-order chi connectivity index (χ0) is 24.2. The van der Waals surface area contributed by atoms with Gasteiger partial charge in [-0.25, -0.2) is 9.82 Å². The van der Waals surface area contributed by atoms with Crippen LogP contribution in [-0.2, 0) is 20.9 Å². The molecule has 0 heterocycles. The van der Waals surface area contributed by atoms with Gasteiger partial charge in [-0.1, -0.05) is 17.7 Å². The second kappa shape index (κ2) is 13.8. The molecule has 8 nitrogen and oxygen atoms in total. The zero-order valence-electron chi connectivity index (χ0n) is 18.1. The lowest BCUT2D eigenvalue weighted by atomic mass is 10.2. The molecule has 11 heteroatoms. The van der Waals surface area contributed by atoms with Crippen molar-refractivity contribution in [2.45, 2.75) is 20.0 Å². The minimum absolute atomic E-state index is 0.104. The second-order valence-corrected chi connectivity index (χ2v) is 7.81. The Balaban J connectivity index is 2.06. The van der Waals surface area contributed by atoms with Crippen LogP contribution >= 0.6 is 27.5 Å². The van der Waals surface area contributed by atoms with Gasteiger partial charge in [0.2, 0.25) is 0 Å². The van der Waals surface area contributed by atoms with Crippen LogP contribution in [0.3, 0.4) is 0 Å². The van der Waals surface area contributed by atoms with Gasteiger partial charge in [-0.05, 0) is 59.1 Å². The largest absolute Gasteiger partial charge is 0.490 e. The molecule has 0 bridgehead atoms. The third-order valence-electron chi connectivity index (χ3n) is 4.15. The normalized spacial score (nSPS) is 10.8. The van der Waals surface area contributed by atoms with Gasteiger partial charge >= 0.3 is 11.8 Å². The second-order valence-electron chi connectivity index (χ2n) is 6.55. The summed E-state index contributed by atoms with van der Waals surface area (Å²) < 4.78 is 30.8. The highest BCUT2D eigenvalue weighted by molar-refractivity contribution is 9.10. The summed E-state index contributed by atoms with van der Waals surface area (Å²) in [5.41, 5.74) is 2.94. The maximum Gasteiger partial charge on any atom is 0.329 e. The van der Waals surface area contributed by atoms with Crippen molar-refractivity contribution in [1.82, 2.24) is 10.7 Å². The number of nitrogens with one attached hydrogen (secondary N) is 2. The van der Waals surface area contributed by atoms with Crippen molar-refractivity contribution in [3.05, 3.63) is 56.8 Å². The molecule has 0 unspecified atom stereocenters. The van der Waals surface area contributed by atoms with E-state index < -0.39 is 17.6 Å². The summed E-state index contributed by atoms with van der Waals surface area (Å²) in [6.45, 7) is 2.84. The predicted octanol–water partition coefficient (Wildman–Crippen LogP) is 3.82. The molecule has 0 aliphatic heterocycles. The first-order valence-corrected chi connectivity index (χ1v) is 11.2. The van der Waals surface area contributed by atoms with Crippen LogP contribution in [0.15, 0.2) is 39.9 Å². The number of hydrazone groups is 1. The van der Waals surface area contributed by atoms with E-state index >= 15 is 0 Å². The summed E-state index contributed by atoms with van der Waals surface area (Å²) in [4.78, 5) is 23.5. The molecule has 0 atom stereocenters. The van der Waals surface area contributed by atoms with E-state index in [4.69, 9.17) is 25.8 Å². The Labute approximate surface area is 204 Å². The van der Waals surface area contributed by atoms with E-state index in [-0.39, 0.29) is 17.2 Å². The number of hydrogen-bond acceptors (Lipinski definition) is 6. The fourth-order valence-corrected chi connectivity index (χ4v) is 3.39. The smallest absolute Gasteiger partial charge is 0.329 e. The van der Waals surface area contributed by atoms with Crippen molar-refractivity contribution >= 4 is 45.6 Å². The monoisotopic (exact) mass is 543 g/mol. The van der Waals surface area contributed by atoms with Crippen molar-refractivity contribution in [2.24, 2.45) is 5.10 Å². The summed E-state index contributed by atoms with van der Waals surface area (Å²) in [7, 11) is 1.55. The first-order chi connectivity index (χ1) is 15.9. The highest BCUT2D eigenvalue weighted by Gasteiger charge is 2.15. The Kier molecular flexibility index (Phi) is 11.1. The molecule has 2 rings (SSSR count). The van der Waals surface area contributed by atoms with Gasteiger partial charge in [0, 0.05) is 25.8 Å². The maximum atomic E-state index is 14.0. The van der Waals surface area contributed by atoms with Crippen LogP contribution in [0.5, 0.6) is 11.5 Å². The van der Waals surface area contributed by atoms with E-state index in [1.54, 1.807) is 32.2 Å². The lowest BCUT2D eigenvalue weighted by Gasteiger charge is -2.15. The molecule has 33 heavy (non-hydrogen) atoms. The van der Waals surface area contributed by atoms with Crippen LogP contribution in [0.25, 0.3) is 0 Å². The molecule has 2 N–H and O–H groups in total. The molecule has 2 amide bonds. The number of amides is 2. The van der Waals surface area contributed by atoms with Gasteiger partial charge in [0.05, 0.1) is 22.3 Å². The van der Waals surface area contributed by atoms with Crippen molar-refractivity contribution in [3.63, 3.8) is 0 Å². The number of nitrogens with zero attached hydrogens (tertiary/aromatic N) is 1. The molecule has 0 spiro atoms. The van der Waals surface area contributed by atoms with Crippen LogP contribution < -0.4 is 20.2 Å². The Morgan fingerprint density at radius 3 is 2.73 bits per heavy atom. The number of halogens is 3. The number of rotatable bonds is 11. The molecule has 0 fully saturated rings. The lowest BCUT2D eigenvalue weighted by molar-refractivity contribution is -0.139. The zero-order valence-corrected chi connectivity index (χ0v) is 20.5. The average molecular weight is 545 g/mol. The molecule has 0 saturated carbocycles. The molecular weight excluding hydrogens is 521 g/mol. The van der Waals surface area contributed by atoms with E-state index in [9.17, 15) is 14.0 Å². The third-order valence-corrected chi connectivity index (χ3v) is 5.09. The minimum atomic E-state index is -0.894. The Morgan fingerprint density at radius 1 is 1.24 bits per heavy atom. The van der Waals surface area contributed by atoms with Crippen LogP contribution in [0.2, 0.25) is 5.02 Å². The molecule has 0 aliphatic rings. The summed E-state index contributed by atoms with van der Waals surface area (Å²) in [6.07, 6.45) is 1.94. The van der Waals surface area contributed by atoms with Crippen LogP contribution in [-0.4, -0.2) is 44.9 Å². The van der Waals surface area contributed by atoms with Gasteiger partial charge < -0.3 is 19.5 Å². The molecule has 0 aromatic heterocycles.